The number of hydrogen-bond acceptors (Lipinski definition) is 4. The topological polar surface area (TPSA) is 60.9 Å². The van der Waals surface area contributed by atoms with E-state index >= 15 is 0 Å². The first-order valence-corrected chi connectivity index (χ1v) is 12.3. The number of sulfonamides is 1. The maximum absolute atomic E-state index is 13.3. The number of nitrogens with zero attached hydrogens (tertiary/aromatic N) is 3. The van der Waals surface area contributed by atoms with E-state index in [1.54, 1.807) is 29.2 Å². The van der Waals surface area contributed by atoms with Crippen LogP contribution in [-0.4, -0.2) is 62.6 Å². The van der Waals surface area contributed by atoms with Crippen molar-refractivity contribution in [2.45, 2.75) is 25.9 Å². The lowest BCUT2D eigenvalue weighted by Gasteiger charge is -2.39. The zero-order valence-corrected chi connectivity index (χ0v) is 18.9. The number of amides is 1. The van der Waals surface area contributed by atoms with Crippen LogP contribution in [0, 0.1) is 0 Å². The Morgan fingerprint density at radius 2 is 1.63 bits per heavy atom. The second-order valence-corrected chi connectivity index (χ2v) is 9.84. The van der Waals surface area contributed by atoms with Crippen LogP contribution in [0.4, 0.5) is 5.69 Å². The molecule has 1 aliphatic heterocycles. The van der Waals surface area contributed by atoms with Gasteiger partial charge in [-0.2, -0.15) is 0 Å². The van der Waals surface area contributed by atoms with Gasteiger partial charge in [0.05, 0.1) is 11.9 Å². The van der Waals surface area contributed by atoms with E-state index in [4.69, 9.17) is 11.6 Å². The molecule has 1 saturated heterocycles. The molecule has 1 fully saturated rings. The van der Waals surface area contributed by atoms with E-state index in [1.807, 2.05) is 25.1 Å². The zero-order valence-electron chi connectivity index (χ0n) is 17.4. The summed E-state index contributed by atoms with van der Waals surface area (Å²) in [7, 11) is -3.64. The van der Waals surface area contributed by atoms with Gasteiger partial charge in [0.1, 0.15) is 6.04 Å². The van der Waals surface area contributed by atoms with E-state index < -0.39 is 16.1 Å². The number of carbonyl (C=O) groups excluding carboxylic acids is 1. The molecule has 0 bridgehead atoms. The highest BCUT2D eigenvalue weighted by Crippen LogP contribution is 2.25. The molecule has 1 heterocycles. The molecule has 1 atom stereocenters. The molecule has 0 radical (unpaired) electrons. The van der Waals surface area contributed by atoms with Crippen molar-refractivity contribution in [3.05, 3.63) is 65.2 Å². The molecule has 0 N–H and O–H groups in total. The Morgan fingerprint density at radius 1 is 1.03 bits per heavy atom. The third-order valence-corrected chi connectivity index (χ3v) is 6.76. The fraction of sp³-hybridized carbons (Fsp3) is 0.409. The summed E-state index contributed by atoms with van der Waals surface area (Å²) in [6.45, 7) is 5.37. The summed E-state index contributed by atoms with van der Waals surface area (Å²) < 4.78 is 26.4. The smallest absolute Gasteiger partial charge is 0.246 e. The van der Waals surface area contributed by atoms with Gasteiger partial charge in [-0.15, -0.1) is 0 Å². The first kappa shape index (κ1) is 22.6. The normalized spacial score (nSPS) is 16.3. The average Bonchev–Trinajstić information content (AvgIpc) is 2.73. The molecular weight excluding hydrogens is 422 g/mol. The lowest BCUT2D eigenvalue weighted by molar-refractivity contribution is -0.134. The minimum atomic E-state index is -3.64. The van der Waals surface area contributed by atoms with E-state index in [0.29, 0.717) is 30.2 Å². The highest BCUT2D eigenvalue weighted by Gasteiger charge is 2.35. The van der Waals surface area contributed by atoms with E-state index in [0.717, 1.165) is 25.9 Å². The van der Waals surface area contributed by atoms with Gasteiger partial charge in [0.15, 0.2) is 0 Å². The lowest BCUT2D eigenvalue weighted by atomic mass is 10.1. The van der Waals surface area contributed by atoms with Crippen molar-refractivity contribution in [2.75, 3.05) is 36.7 Å². The molecule has 2 aromatic rings. The van der Waals surface area contributed by atoms with Crippen LogP contribution in [0.5, 0.6) is 0 Å². The predicted octanol–water partition coefficient (Wildman–Crippen LogP) is 3.23. The summed E-state index contributed by atoms with van der Waals surface area (Å²) >= 11 is 5.95. The molecule has 0 aliphatic carbocycles. The summed E-state index contributed by atoms with van der Waals surface area (Å²) in [5.74, 6) is -0.155. The zero-order chi connectivity index (χ0) is 21.7. The molecule has 0 saturated carbocycles. The fourth-order valence-corrected chi connectivity index (χ4v) is 5.14. The average molecular weight is 450 g/mol. The van der Waals surface area contributed by atoms with E-state index in [2.05, 4.69) is 17.0 Å². The Kier molecular flexibility index (Phi) is 7.39. The number of carbonyl (C=O) groups is 1. The molecule has 0 unspecified atom stereocenters. The van der Waals surface area contributed by atoms with Gasteiger partial charge in [0, 0.05) is 37.7 Å². The van der Waals surface area contributed by atoms with Crippen molar-refractivity contribution in [1.29, 1.82) is 0 Å². The monoisotopic (exact) mass is 449 g/mol. The van der Waals surface area contributed by atoms with Gasteiger partial charge < -0.3 is 4.90 Å². The quantitative estimate of drug-likeness (QED) is 0.651. The standard InChI is InChI=1S/C22H28ClN3O3S/c1-3-21(26(30(2,28)29)20-11-9-19(23)10-12-20)22(27)25-15-13-24(14-16-25)17-18-7-5-4-6-8-18/h4-12,21H,3,13-17H2,1-2H3/t21-/m0/s1. The highest BCUT2D eigenvalue weighted by molar-refractivity contribution is 7.92. The van der Waals surface area contributed by atoms with Crippen LogP contribution in [0.2, 0.25) is 5.02 Å². The van der Waals surface area contributed by atoms with Crippen molar-refractivity contribution in [2.24, 2.45) is 0 Å². The number of piperazine rings is 1. The maximum atomic E-state index is 13.3. The van der Waals surface area contributed by atoms with Crippen LogP contribution in [0.15, 0.2) is 54.6 Å². The second-order valence-electron chi connectivity index (χ2n) is 7.55. The van der Waals surface area contributed by atoms with Crippen LogP contribution in [0.25, 0.3) is 0 Å². The third-order valence-electron chi connectivity index (χ3n) is 5.33. The molecular formula is C22H28ClN3O3S. The third kappa shape index (κ3) is 5.53. The number of anilines is 1. The number of halogens is 1. The maximum Gasteiger partial charge on any atom is 0.246 e. The summed E-state index contributed by atoms with van der Waals surface area (Å²) in [6.07, 6.45) is 1.52. The van der Waals surface area contributed by atoms with Crippen LogP contribution in [0.1, 0.15) is 18.9 Å². The van der Waals surface area contributed by atoms with Gasteiger partial charge in [0.25, 0.3) is 0 Å². The Balaban J connectivity index is 1.71. The fourth-order valence-electron chi connectivity index (χ4n) is 3.81. The summed E-state index contributed by atoms with van der Waals surface area (Å²) in [5, 5.41) is 0.515. The van der Waals surface area contributed by atoms with Crippen LogP contribution in [-0.2, 0) is 21.4 Å². The molecule has 162 valence electrons. The minimum Gasteiger partial charge on any atom is -0.338 e. The first-order valence-electron chi connectivity index (χ1n) is 10.1. The molecule has 0 aromatic heterocycles. The molecule has 1 amide bonds. The van der Waals surface area contributed by atoms with Crippen molar-refractivity contribution in [3.8, 4) is 0 Å². The van der Waals surface area contributed by atoms with Gasteiger partial charge in [-0.3, -0.25) is 14.0 Å². The van der Waals surface area contributed by atoms with Crippen molar-refractivity contribution in [1.82, 2.24) is 9.80 Å². The summed E-state index contributed by atoms with van der Waals surface area (Å²) in [6, 6.07) is 16.0. The van der Waals surface area contributed by atoms with Gasteiger partial charge in [-0.05, 0) is 36.2 Å². The Morgan fingerprint density at radius 3 is 2.17 bits per heavy atom. The van der Waals surface area contributed by atoms with E-state index in [9.17, 15) is 13.2 Å². The Labute approximate surface area is 184 Å². The van der Waals surface area contributed by atoms with Gasteiger partial charge in [-0.1, -0.05) is 48.9 Å². The van der Waals surface area contributed by atoms with Gasteiger partial charge >= 0.3 is 0 Å². The van der Waals surface area contributed by atoms with Crippen LogP contribution >= 0.6 is 11.6 Å². The molecule has 0 spiro atoms. The van der Waals surface area contributed by atoms with Crippen LogP contribution in [0.3, 0.4) is 0 Å². The van der Waals surface area contributed by atoms with Crippen molar-refractivity contribution in [3.63, 3.8) is 0 Å². The molecule has 6 nitrogen and oxygen atoms in total. The molecule has 2 aromatic carbocycles. The summed E-state index contributed by atoms with van der Waals surface area (Å²) in [4.78, 5) is 17.4. The van der Waals surface area contributed by atoms with E-state index in [-0.39, 0.29) is 5.91 Å². The summed E-state index contributed by atoms with van der Waals surface area (Å²) in [5.41, 5.74) is 1.69. The highest BCUT2D eigenvalue weighted by atomic mass is 35.5. The van der Waals surface area contributed by atoms with Crippen molar-refractivity contribution < 1.29 is 13.2 Å². The SMILES string of the molecule is CC[C@@H](C(=O)N1CCN(Cc2ccccc2)CC1)N(c1ccc(Cl)cc1)S(C)(=O)=O. The lowest BCUT2D eigenvalue weighted by Crippen LogP contribution is -2.55. The number of rotatable bonds is 7. The second kappa shape index (κ2) is 9.81. The first-order chi connectivity index (χ1) is 14.3. The van der Waals surface area contributed by atoms with E-state index in [1.165, 1.54) is 9.87 Å². The predicted molar refractivity (Wildman–Crippen MR) is 121 cm³/mol. The Bertz CT molecular complexity index is 943. The van der Waals surface area contributed by atoms with Crippen molar-refractivity contribution >= 4 is 33.2 Å². The molecule has 1 aliphatic rings. The Hall–Kier alpha value is -2.09. The van der Waals surface area contributed by atoms with Gasteiger partial charge in [0.2, 0.25) is 15.9 Å². The molecule has 8 heteroatoms. The largest absolute Gasteiger partial charge is 0.338 e. The molecule has 3 rings (SSSR count). The van der Waals surface area contributed by atoms with Gasteiger partial charge in [-0.25, -0.2) is 8.42 Å². The van der Waals surface area contributed by atoms with Crippen LogP contribution < -0.4 is 4.31 Å². The number of hydrogen-bond donors (Lipinski definition) is 0. The number of benzene rings is 2. The minimum absolute atomic E-state index is 0.155. The molecule has 30 heavy (non-hydrogen) atoms.